The number of benzene rings is 2. The minimum Gasteiger partial charge on any atom is -0.488 e. The van der Waals surface area contributed by atoms with Crippen molar-refractivity contribution in [2.45, 2.75) is 30.1 Å². The van der Waals surface area contributed by atoms with E-state index >= 15 is 0 Å². The Bertz CT molecular complexity index is 822. The largest absolute Gasteiger partial charge is 0.488 e. The van der Waals surface area contributed by atoms with Gasteiger partial charge in [0.1, 0.15) is 11.9 Å². The molecule has 0 saturated carbocycles. The molecule has 0 bridgehead atoms. The zero-order chi connectivity index (χ0) is 15.9. The smallest absolute Gasteiger partial charge is 0.192 e. The number of ether oxygens (including phenoxy) is 1. The maximum absolute atomic E-state index is 12.8. The molecule has 5 heteroatoms. The number of carbonyl (C=O) groups is 1. The fraction of sp³-hybridized carbons (Fsp3) is 0.235. The molecule has 0 radical (unpaired) electrons. The lowest BCUT2D eigenvalue weighted by Crippen LogP contribution is -2.45. The third-order valence-electron chi connectivity index (χ3n) is 3.83. The first kappa shape index (κ1) is 14.8. The number of hydrogen-bond acceptors (Lipinski definition) is 4. The highest BCUT2D eigenvalue weighted by molar-refractivity contribution is 7.93. The van der Waals surface area contributed by atoms with E-state index in [1.54, 1.807) is 43.3 Å². The number of ketones is 1. The van der Waals surface area contributed by atoms with Crippen LogP contribution in [-0.2, 0) is 9.84 Å². The van der Waals surface area contributed by atoms with E-state index in [1.165, 1.54) is 12.1 Å². The fourth-order valence-electron chi connectivity index (χ4n) is 2.67. The quantitative estimate of drug-likeness (QED) is 0.855. The van der Waals surface area contributed by atoms with E-state index in [-0.39, 0.29) is 4.90 Å². The molecular formula is C17H16O4S. The number of para-hydroxylation sites is 1. The van der Waals surface area contributed by atoms with Crippen LogP contribution in [0.15, 0.2) is 53.4 Å². The van der Waals surface area contributed by atoms with Gasteiger partial charge in [0.25, 0.3) is 0 Å². The highest BCUT2D eigenvalue weighted by atomic mass is 32.2. The van der Waals surface area contributed by atoms with Crippen LogP contribution in [0, 0.1) is 6.92 Å². The Morgan fingerprint density at radius 1 is 1.00 bits per heavy atom. The predicted molar refractivity (Wildman–Crippen MR) is 83.0 cm³/mol. The number of rotatable bonds is 2. The molecule has 0 fully saturated rings. The van der Waals surface area contributed by atoms with Crippen LogP contribution in [0.2, 0.25) is 0 Å². The summed E-state index contributed by atoms with van der Waals surface area (Å²) in [4.78, 5) is 12.8. The predicted octanol–water partition coefficient (Wildman–Crippen LogP) is 2.80. The second-order valence-electron chi connectivity index (χ2n) is 5.46. The Labute approximate surface area is 129 Å². The van der Waals surface area contributed by atoms with Crippen molar-refractivity contribution in [2.24, 2.45) is 0 Å². The Kier molecular flexibility index (Phi) is 3.53. The lowest BCUT2D eigenvalue weighted by atomic mass is 10.0. The maximum atomic E-state index is 12.8. The van der Waals surface area contributed by atoms with Crippen LogP contribution < -0.4 is 4.74 Å². The van der Waals surface area contributed by atoms with E-state index < -0.39 is 27.0 Å². The normalized spacial score (nSPS) is 21.1. The number of sulfone groups is 1. The molecule has 4 nitrogen and oxygen atoms in total. The monoisotopic (exact) mass is 316 g/mol. The number of fused-ring (bicyclic) bond motifs is 1. The van der Waals surface area contributed by atoms with E-state index in [1.807, 2.05) is 6.92 Å². The Hall–Kier alpha value is -2.14. The minimum atomic E-state index is -3.79. The lowest BCUT2D eigenvalue weighted by molar-refractivity contribution is 0.0879. The molecule has 0 amide bonds. The molecule has 0 aromatic heterocycles. The van der Waals surface area contributed by atoms with Gasteiger partial charge >= 0.3 is 0 Å². The number of carbonyl (C=O) groups excluding carboxylic acids is 1. The molecule has 1 aliphatic heterocycles. The van der Waals surface area contributed by atoms with Crippen LogP contribution >= 0.6 is 0 Å². The number of Topliss-reactive ketones (excluding diaryl/α,β-unsaturated/α-hetero) is 1. The van der Waals surface area contributed by atoms with Crippen LogP contribution in [0.3, 0.4) is 0 Å². The second kappa shape index (κ2) is 5.25. The maximum Gasteiger partial charge on any atom is 0.192 e. The Morgan fingerprint density at radius 2 is 1.64 bits per heavy atom. The molecule has 2 aromatic carbocycles. The van der Waals surface area contributed by atoms with Crippen molar-refractivity contribution < 1.29 is 17.9 Å². The van der Waals surface area contributed by atoms with Crippen molar-refractivity contribution >= 4 is 15.6 Å². The van der Waals surface area contributed by atoms with Crippen molar-refractivity contribution in [3.05, 3.63) is 59.7 Å². The van der Waals surface area contributed by atoms with Gasteiger partial charge in [0.2, 0.25) is 0 Å². The molecule has 0 spiro atoms. The van der Waals surface area contributed by atoms with E-state index in [2.05, 4.69) is 0 Å². The summed E-state index contributed by atoms with van der Waals surface area (Å²) in [6.45, 7) is 3.49. The summed E-state index contributed by atoms with van der Waals surface area (Å²) in [5.41, 5.74) is 1.28. The van der Waals surface area contributed by atoms with Crippen LogP contribution in [0.5, 0.6) is 5.75 Å². The second-order valence-corrected chi connectivity index (χ2v) is 7.53. The summed E-state index contributed by atoms with van der Waals surface area (Å²) in [7, 11) is -3.79. The van der Waals surface area contributed by atoms with E-state index in [4.69, 9.17) is 4.74 Å². The van der Waals surface area contributed by atoms with E-state index in [0.717, 1.165) is 5.56 Å². The molecular weight excluding hydrogens is 300 g/mol. The first-order valence-corrected chi connectivity index (χ1v) is 8.56. The molecule has 22 heavy (non-hydrogen) atoms. The van der Waals surface area contributed by atoms with Crippen LogP contribution in [0.4, 0.5) is 0 Å². The summed E-state index contributed by atoms with van der Waals surface area (Å²) >= 11 is 0. The van der Waals surface area contributed by atoms with Gasteiger partial charge < -0.3 is 4.74 Å². The molecule has 0 aliphatic carbocycles. The molecule has 114 valence electrons. The van der Waals surface area contributed by atoms with E-state index in [0.29, 0.717) is 11.3 Å². The van der Waals surface area contributed by atoms with Gasteiger partial charge in [-0.3, -0.25) is 4.79 Å². The Balaban J connectivity index is 2.08. The lowest BCUT2D eigenvalue weighted by Gasteiger charge is -2.29. The highest BCUT2D eigenvalue weighted by Crippen LogP contribution is 2.32. The summed E-state index contributed by atoms with van der Waals surface area (Å²) in [6, 6.07) is 13.2. The van der Waals surface area contributed by atoms with Gasteiger partial charge in [0.05, 0.1) is 10.5 Å². The minimum absolute atomic E-state index is 0.145. The summed E-state index contributed by atoms with van der Waals surface area (Å²) in [5.74, 6) is 0.0327. The van der Waals surface area contributed by atoms with Gasteiger partial charge in [-0.15, -0.1) is 0 Å². The average Bonchev–Trinajstić information content (AvgIpc) is 2.47. The van der Waals surface area contributed by atoms with Crippen LogP contribution in [0.1, 0.15) is 22.8 Å². The third kappa shape index (κ3) is 2.31. The summed E-state index contributed by atoms with van der Waals surface area (Å²) in [5, 5.41) is -1.22. The van der Waals surface area contributed by atoms with Gasteiger partial charge in [-0.1, -0.05) is 29.8 Å². The molecule has 0 saturated heterocycles. The van der Waals surface area contributed by atoms with Crippen molar-refractivity contribution in [3.63, 3.8) is 0 Å². The standard InChI is InChI=1S/C17H16O4S/c1-11-7-9-13(10-8-11)22(19,20)17-12(2)21-15-6-4-3-5-14(15)16(17)18/h3-10,12,17H,1-2H3/t12-,17+/m1/s1. The summed E-state index contributed by atoms with van der Waals surface area (Å²) in [6.07, 6.45) is -0.728. The molecule has 1 heterocycles. The topological polar surface area (TPSA) is 60.4 Å². The average molecular weight is 316 g/mol. The van der Waals surface area contributed by atoms with Crippen molar-refractivity contribution in [1.29, 1.82) is 0 Å². The summed E-state index contributed by atoms with van der Waals surface area (Å²) < 4.78 is 31.3. The zero-order valence-corrected chi connectivity index (χ0v) is 13.1. The van der Waals surface area contributed by atoms with Crippen molar-refractivity contribution in [3.8, 4) is 5.75 Å². The van der Waals surface area contributed by atoms with Crippen molar-refractivity contribution in [1.82, 2.24) is 0 Å². The van der Waals surface area contributed by atoms with Gasteiger partial charge in [-0.2, -0.15) is 0 Å². The van der Waals surface area contributed by atoms with Gasteiger partial charge in [-0.25, -0.2) is 8.42 Å². The first-order valence-electron chi connectivity index (χ1n) is 7.02. The Morgan fingerprint density at radius 3 is 2.32 bits per heavy atom. The van der Waals surface area contributed by atoms with Crippen molar-refractivity contribution in [2.75, 3.05) is 0 Å². The SMILES string of the molecule is Cc1ccc(S(=O)(=O)[C@@H]2C(=O)c3ccccc3O[C@@H]2C)cc1. The van der Waals surface area contributed by atoms with E-state index in [9.17, 15) is 13.2 Å². The molecule has 2 aromatic rings. The fourth-order valence-corrected chi connectivity index (χ4v) is 4.45. The van der Waals surface area contributed by atoms with Crippen LogP contribution in [0.25, 0.3) is 0 Å². The van der Waals surface area contributed by atoms with Gasteiger partial charge in [0, 0.05) is 0 Å². The van der Waals surface area contributed by atoms with Gasteiger partial charge in [0.15, 0.2) is 20.9 Å². The third-order valence-corrected chi connectivity index (χ3v) is 6.03. The number of hydrogen-bond donors (Lipinski definition) is 0. The zero-order valence-electron chi connectivity index (χ0n) is 12.3. The molecule has 2 atom stereocenters. The molecule has 3 rings (SSSR count). The van der Waals surface area contributed by atoms with Gasteiger partial charge in [-0.05, 0) is 38.1 Å². The molecule has 0 unspecified atom stereocenters. The molecule has 0 N–H and O–H groups in total. The number of aryl methyl sites for hydroxylation is 1. The highest BCUT2D eigenvalue weighted by Gasteiger charge is 2.44. The molecule has 1 aliphatic rings. The first-order chi connectivity index (χ1) is 10.4. The van der Waals surface area contributed by atoms with Crippen LogP contribution in [-0.4, -0.2) is 25.6 Å².